The second-order valence-electron chi connectivity index (χ2n) is 4.74. The lowest BCUT2D eigenvalue weighted by molar-refractivity contribution is 0.182. The smallest absolute Gasteiger partial charge is 0.196 e. The summed E-state index contributed by atoms with van der Waals surface area (Å²) in [4.78, 5) is 6.54. The van der Waals surface area contributed by atoms with Gasteiger partial charge in [0.25, 0.3) is 0 Å². The maximum Gasteiger partial charge on any atom is 0.196 e. The molecule has 0 saturated carbocycles. The molecule has 0 radical (unpaired) electrons. The molecule has 2 aliphatic heterocycles. The summed E-state index contributed by atoms with van der Waals surface area (Å²) in [6.07, 6.45) is 1.10. The molecule has 96 valence electrons. The van der Waals surface area contributed by atoms with E-state index >= 15 is 0 Å². The third kappa shape index (κ3) is 2.12. The van der Waals surface area contributed by atoms with Crippen LogP contribution < -0.4 is 10.6 Å². The van der Waals surface area contributed by atoms with Gasteiger partial charge in [-0.1, -0.05) is 15.9 Å². The first-order valence-electron chi connectivity index (χ1n) is 6.18. The van der Waals surface area contributed by atoms with E-state index < -0.39 is 0 Å². The van der Waals surface area contributed by atoms with Gasteiger partial charge in [0.2, 0.25) is 0 Å². The molecule has 3 rings (SSSR count). The molecule has 1 aromatic carbocycles. The summed E-state index contributed by atoms with van der Waals surface area (Å²) in [5, 5.41) is 0. The molecular formula is C13H16BrN3O. The van der Waals surface area contributed by atoms with Crippen LogP contribution in [0, 0.1) is 5.92 Å². The number of nitrogens with two attached hydrogens (primary N) is 1. The Balaban J connectivity index is 1.86. The Morgan fingerprint density at radius 2 is 2.11 bits per heavy atom. The maximum absolute atomic E-state index is 6.03. The average molecular weight is 310 g/mol. The van der Waals surface area contributed by atoms with E-state index in [1.54, 1.807) is 0 Å². The van der Waals surface area contributed by atoms with E-state index in [9.17, 15) is 0 Å². The van der Waals surface area contributed by atoms with Gasteiger partial charge in [0.05, 0.1) is 19.2 Å². The van der Waals surface area contributed by atoms with Crippen LogP contribution in [0.5, 0.6) is 0 Å². The van der Waals surface area contributed by atoms with E-state index in [2.05, 4.69) is 38.0 Å². The number of anilines is 1. The predicted molar refractivity (Wildman–Crippen MR) is 75.8 cm³/mol. The van der Waals surface area contributed by atoms with Crippen molar-refractivity contribution >= 4 is 27.6 Å². The van der Waals surface area contributed by atoms with Crippen LogP contribution in [0.3, 0.4) is 0 Å². The van der Waals surface area contributed by atoms with E-state index in [0.29, 0.717) is 17.9 Å². The first-order valence-corrected chi connectivity index (χ1v) is 6.97. The number of ether oxygens (including phenoxy) is 1. The van der Waals surface area contributed by atoms with Crippen molar-refractivity contribution in [2.75, 3.05) is 24.7 Å². The van der Waals surface area contributed by atoms with Gasteiger partial charge in [-0.3, -0.25) is 4.99 Å². The summed E-state index contributed by atoms with van der Waals surface area (Å²) in [6, 6.07) is 8.54. The van der Waals surface area contributed by atoms with Crippen molar-refractivity contribution in [3.63, 3.8) is 0 Å². The molecule has 0 amide bonds. The zero-order chi connectivity index (χ0) is 12.5. The van der Waals surface area contributed by atoms with Crippen LogP contribution in [0.1, 0.15) is 6.42 Å². The summed E-state index contributed by atoms with van der Waals surface area (Å²) >= 11 is 3.45. The van der Waals surface area contributed by atoms with Crippen LogP contribution in [0.25, 0.3) is 0 Å². The molecule has 5 heteroatoms. The first kappa shape index (κ1) is 12.0. The fraction of sp³-hybridized carbons (Fsp3) is 0.462. The molecule has 2 unspecified atom stereocenters. The van der Waals surface area contributed by atoms with Gasteiger partial charge in [0.15, 0.2) is 5.96 Å². The van der Waals surface area contributed by atoms with Crippen LogP contribution in [-0.4, -0.2) is 31.8 Å². The number of aliphatic imine (C=N–C) groups is 1. The van der Waals surface area contributed by atoms with Crippen LogP contribution in [-0.2, 0) is 4.74 Å². The Bertz CT molecular complexity index is 454. The lowest BCUT2D eigenvalue weighted by Crippen LogP contribution is -2.45. The van der Waals surface area contributed by atoms with E-state index in [1.165, 1.54) is 0 Å². The highest BCUT2D eigenvalue weighted by molar-refractivity contribution is 9.10. The monoisotopic (exact) mass is 309 g/mol. The van der Waals surface area contributed by atoms with Gasteiger partial charge in [0, 0.05) is 22.7 Å². The number of halogens is 1. The molecule has 0 aromatic heterocycles. The van der Waals surface area contributed by atoms with E-state index in [-0.39, 0.29) is 0 Å². The van der Waals surface area contributed by atoms with Crippen LogP contribution in [0.15, 0.2) is 33.7 Å². The van der Waals surface area contributed by atoms with Gasteiger partial charge in [-0.15, -0.1) is 0 Å². The Morgan fingerprint density at radius 1 is 1.33 bits per heavy atom. The first-order chi connectivity index (χ1) is 8.75. The van der Waals surface area contributed by atoms with E-state index in [0.717, 1.165) is 36.3 Å². The van der Waals surface area contributed by atoms with Crippen molar-refractivity contribution < 1.29 is 4.74 Å². The number of hydrogen-bond acceptors (Lipinski definition) is 4. The molecule has 1 fully saturated rings. The van der Waals surface area contributed by atoms with Gasteiger partial charge in [-0.2, -0.15) is 0 Å². The standard InChI is InChI=1S/C13H16BrN3O/c14-10-1-3-11(4-2-10)17-12(7-16-13(17)15)9-5-6-18-8-9/h1-4,9,12H,5-8H2,(H2,15,16). The number of rotatable bonds is 2. The summed E-state index contributed by atoms with van der Waals surface area (Å²) < 4.78 is 6.55. The molecule has 1 aromatic rings. The quantitative estimate of drug-likeness (QED) is 0.909. The molecule has 0 aliphatic carbocycles. The lowest BCUT2D eigenvalue weighted by Gasteiger charge is -2.29. The van der Waals surface area contributed by atoms with Gasteiger partial charge in [-0.25, -0.2) is 0 Å². The van der Waals surface area contributed by atoms with Gasteiger partial charge in [0.1, 0.15) is 0 Å². The van der Waals surface area contributed by atoms with Gasteiger partial charge < -0.3 is 15.4 Å². The van der Waals surface area contributed by atoms with Crippen LogP contribution in [0.4, 0.5) is 5.69 Å². The largest absolute Gasteiger partial charge is 0.381 e. The Morgan fingerprint density at radius 3 is 2.78 bits per heavy atom. The van der Waals surface area contributed by atoms with Crippen molar-refractivity contribution in [1.29, 1.82) is 0 Å². The fourth-order valence-corrected chi connectivity index (χ4v) is 2.92. The minimum atomic E-state index is 0.341. The van der Waals surface area contributed by atoms with Crippen molar-refractivity contribution in [3.05, 3.63) is 28.7 Å². The summed E-state index contributed by atoms with van der Waals surface area (Å²) in [5.74, 6) is 1.15. The third-order valence-electron chi connectivity index (χ3n) is 3.63. The molecule has 18 heavy (non-hydrogen) atoms. The van der Waals surface area contributed by atoms with Crippen molar-refractivity contribution in [1.82, 2.24) is 0 Å². The highest BCUT2D eigenvalue weighted by Crippen LogP contribution is 2.29. The third-order valence-corrected chi connectivity index (χ3v) is 4.16. The molecule has 0 bridgehead atoms. The molecule has 2 N–H and O–H groups in total. The van der Waals surface area contributed by atoms with Gasteiger partial charge >= 0.3 is 0 Å². The Hall–Kier alpha value is -1.07. The zero-order valence-electron chi connectivity index (χ0n) is 10.1. The predicted octanol–water partition coefficient (Wildman–Crippen LogP) is 1.99. The fourth-order valence-electron chi connectivity index (χ4n) is 2.66. The topological polar surface area (TPSA) is 50.9 Å². The number of guanidine groups is 1. The van der Waals surface area contributed by atoms with Gasteiger partial charge in [-0.05, 0) is 30.7 Å². The maximum atomic E-state index is 6.03. The molecule has 4 nitrogen and oxygen atoms in total. The summed E-state index contributed by atoms with van der Waals surface area (Å²) in [5.41, 5.74) is 7.14. The summed E-state index contributed by atoms with van der Waals surface area (Å²) in [6.45, 7) is 2.45. The lowest BCUT2D eigenvalue weighted by atomic mass is 9.98. The number of benzene rings is 1. The van der Waals surface area contributed by atoms with E-state index in [1.807, 2.05) is 12.1 Å². The summed E-state index contributed by atoms with van der Waals surface area (Å²) in [7, 11) is 0. The Labute approximate surface area is 115 Å². The van der Waals surface area contributed by atoms with Crippen molar-refractivity contribution in [2.24, 2.45) is 16.6 Å². The van der Waals surface area contributed by atoms with Crippen LogP contribution in [0.2, 0.25) is 0 Å². The Kier molecular flexibility index (Phi) is 3.26. The molecule has 1 saturated heterocycles. The molecule has 2 atom stereocenters. The van der Waals surface area contributed by atoms with Crippen molar-refractivity contribution in [2.45, 2.75) is 12.5 Å². The minimum Gasteiger partial charge on any atom is -0.381 e. The molecular weight excluding hydrogens is 294 g/mol. The average Bonchev–Trinajstić information content (AvgIpc) is 2.99. The molecule has 2 aliphatic rings. The molecule has 0 spiro atoms. The SMILES string of the molecule is NC1=NCC(C2CCOC2)N1c1ccc(Br)cc1. The number of nitrogens with zero attached hydrogens (tertiary/aromatic N) is 2. The molecule has 2 heterocycles. The van der Waals surface area contributed by atoms with Crippen molar-refractivity contribution in [3.8, 4) is 0 Å². The number of hydrogen-bond donors (Lipinski definition) is 1. The highest BCUT2D eigenvalue weighted by Gasteiger charge is 2.35. The van der Waals surface area contributed by atoms with E-state index in [4.69, 9.17) is 10.5 Å². The van der Waals surface area contributed by atoms with Crippen LogP contribution >= 0.6 is 15.9 Å². The second-order valence-corrected chi connectivity index (χ2v) is 5.65. The second kappa shape index (κ2) is 4.90. The highest BCUT2D eigenvalue weighted by atomic mass is 79.9. The zero-order valence-corrected chi connectivity index (χ0v) is 11.6. The minimum absolute atomic E-state index is 0.341. The normalized spacial score (nSPS) is 27.6.